The van der Waals surface area contributed by atoms with E-state index in [9.17, 15) is 0 Å². The second-order valence-electron chi connectivity index (χ2n) is 7.18. The molecule has 104 valence electrons. The molecule has 1 aromatic heterocycles. The van der Waals surface area contributed by atoms with Gasteiger partial charge in [0.25, 0.3) is 0 Å². The van der Waals surface area contributed by atoms with E-state index < -0.39 is 0 Å². The van der Waals surface area contributed by atoms with E-state index in [0.29, 0.717) is 5.92 Å². The van der Waals surface area contributed by atoms with Crippen LogP contribution in [0.2, 0.25) is 0 Å². The summed E-state index contributed by atoms with van der Waals surface area (Å²) in [5.74, 6) is 5.52. The van der Waals surface area contributed by atoms with Crippen molar-refractivity contribution in [3.8, 4) is 0 Å². The highest BCUT2D eigenvalue weighted by Crippen LogP contribution is 2.58. The zero-order chi connectivity index (χ0) is 13.0. The van der Waals surface area contributed by atoms with Crippen molar-refractivity contribution in [2.24, 2.45) is 35.3 Å². The van der Waals surface area contributed by atoms with Gasteiger partial charge in [0, 0.05) is 11.9 Å². The van der Waals surface area contributed by atoms with Crippen LogP contribution >= 0.6 is 0 Å². The lowest BCUT2D eigenvalue weighted by Gasteiger charge is -2.55. The summed E-state index contributed by atoms with van der Waals surface area (Å²) in [6, 6.07) is 0.135. The Labute approximate surface area is 115 Å². The maximum absolute atomic E-state index is 6.59. The third-order valence-electron chi connectivity index (χ3n) is 6.06. The number of rotatable bonds is 3. The van der Waals surface area contributed by atoms with Crippen LogP contribution < -0.4 is 5.73 Å². The number of hydrogen-bond donors (Lipinski definition) is 2. The first-order valence-electron chi connectivity index (χ1n) is 8.04. The van der Waals surface area contributed by atoms with Crippen molar-refractivity contribution in [2.45, 2.75) is 51.5 Å². The number of imidazole rings is 1. The van der Waals surface area contributed by atoms with Gasteiger partial charge in [0.15, 0.2) is 0 Å². The largest absolute Gasteiger partial charge is 0.345 e. The Bertz CT molecular complexity index is 436. The monoisotopic (exact) mass is 259 g/mol. The SMILES string of the molecule is CCc1cnc(C(N)C2C3CC4CC(C3)CC2C4)[nH]1. The normalized spacial score (nSPS) is 41.7. The molecular weight excluding hydrogens is 234 g/mol. The molecule has 0 amide bonds. The molecule has 4 bridgehead atoms. The van der Waals surface area contributed by atoms with E-state index in [1.807, 2.05) is 6.20 Å². The van der Waals surface area contributed by atoms with Gasteiger partial charge in [0.05, 0.1) is 6.04 Å². The van der Waals surface area contributed by atoms with Gasteiger partial charge in [0.2, 0.25) is 0 Å². The molecule has 5 rings (SSSR count). The second kappa shape index (κ2) is 4.34. The Morgan fingerprint density at radius 1 is 1.21 bits per heavy atom. The van der Waals surface area contributed by atoms with Gasteiger partial charge in [-0.05, 0) is 68.1 Å². The molecule has 4 aliphatic rings. The van der Waals surface area contributed by atoms with Crippen molar-refractivity contribution in [3.63, 3.8) is 0 Å². The first kappa shape index (κ1) is 12.0. The standard InChI is InChI=1S/C16H25N3/c1-2-13-8-18-16(19-13)15(17)14-11-4-9-3-10(6-11)7-12(14)5-9/h8-12,14-15H,2-7,17H2,1H3,(H,18,19). The molecule has 0 spiro atoms. The fourth-order valence-electron chi connectivity index (χ4n) is 5.46. The molecule has 1 atom stereocenters. The molecule has 1 aromatic rings. The van der Waals surface area contributed by atoms with Crippen LogP contribution in [-0.4, -0.2) is 9.97 Å². The highest BCUT2D eigenvalue weighted by Gasteiger charge is 2.50. The number of nitrogens with two attached hydrogens (primary N) is 1. The van der Waals surface area contributed by atoms with Crippen molar-refractivity contribution < 1.29 is 0 Å². The summed E-state index contributed by atoms with van der Waals surface area (Å²) in [5, 5.41) is 0. The number of aromatic amines is 1. The summed E-state index contributed by atoms with van der Waals surface area (Å²) >= 11 is 0. The number of aromatic nitrogens is 2. The number of nitrogens with one attached hydrogen (secondary N) is 1. The van der Waals surface area contributed by atoms with Gasteiger partial charge in [-0.15, -0.1) is 0 Å². The second-order valence-corrected chi connectivity index (χ2v) is 7.18. The van der Waals surface area contributed by atoms with Crippen LogP contribution in [0.1, 0.15) is 56.6 Å². The predicted molar refractivity (Wildman–Crippen MR) is 75.4 cm³/mol. The molecule has 19 heavy (non-hydrogen) atoms. The molecule has 0 saturated heterocycles. The lowest BCUT2D eigenvalue weighted by atomic mass is 9.50. The number of aryl methyl sites for hydroxylation is 1. The van der Waals surface area contributed by atoms with Crippen molar-refractivity contribution in [1.29, 1.82) is 0 Å². The maximum Gasteiger partial charge on any atom is 0.123 e. The molecular formula is C16H25N3. The van der Waals surface area contributed by atoms with Crippen LogP contribution in [0.15, 0.2) is 6.20 Å². The van der Waals surface area contributed by atoms with E-state index in [0.717, 1.165) is 35.9 Å². The minimum Gasteiger partial charge on any atom is -0.345 e. The van der Waals surface area contributed by atoms with Crippen molar-refractivity contribution in [1.82, 2.24) is 9.97 Å². The van der Waals surface area contributed by atoms with Gasteiger partial charge < -0.3 is 10.7 Å². The lowest BCUT2D eigenvalue weighted by molar-refractivity contribution is -0.0481. The number of nitrogens with zero attached hydrogens (tertiary/aromatic N) is 1. The van der Waals surface area contributed by atoms with E-state index >= 15 is 0 Å². The maximum atomic E-state index is 6.59. The molecule has 4 aliphatic carbocycles. The number of hydrogen-bond acceptors (Lipinski definition) is 2. The summed E-state index contributed by atoms with van der Waals surface area (Å²) in [6.45, 7) is 2.16. The van der Waals surface area contributed by atoms with Gasteiger partial charge in [0.1, 0.15) is 5.82 Å². The Hall–Kier alpha value is -0.830. The smallest absolute Gasteiger partial charge is 0.123 e. The summed E-state index contributed by atoms with van der Waals surface area (Å²) in [5.41, 5.74) is 7.81. The highest BCUT2D eigenvalue weighted by molar-refractivity contribution is 5.09. The molecule has 3 heteroatoms. The van der Waals surface area contributed by atoms with Crippen LogP contribution in [0.25, 0.3) is 0 Å². The van der Waals surface area contributed by atoms with Crippen LogP contribution in [0.4, 0.5) is 0 Å². The summed E-state index contributed by atoms with van der Waals surface area (Å²) in [6.07, 6.45) is 10.2. The third kappa shape index (κ3) is 1.85. The lowest BCUT2D eigenvalue weighted by Crippen LogP contribution is -2.48. The molecule has 4 saturated carbocycles. The summed E-state index contributed by atoms with van der Waals surface area (Å²) in [4.78, 5) is 7.97. The van der Waals surface area contributed by atoms with Crippen molar-refractivity contribution in [2.75, 3.05) is 0 Å². The van der Waals surface area contributed by atoms with Gasteiger partial charge in [-0.1, -0.05) is 6.92 Å². The Morgan fingerprint density at radius 3 is 2.37 bits per heavy atom. The van der Waals surface area contributed by atoms with Gasteiger partial charge in [-0.3, -0.25) is 0 Å². The van der Waals surface area contributed by atoms with Crippen LogP contribution in [0.5, 0.6) is 0 Å². The quantitative estimate of drug-likeness (QED) is 0.876. The Kier molecular flexibility index (Phi) is 2.73. The summed E-state index contributed by atoms with van der Waals surface area (Å²) < 4.78 is 0. The molecule has 1 unspecified atom stereocenters. The molecule has 0 aromatic carbocycles. The van der Waals surface area contributed by atoms with Crippen LogP contribution in [0.3, 0.4) is 0 Å². The Balaban J connectivity index is 1.58. The third-order valence-corrected chi connectivity index (χ3v) is 6.06. The van der Waals surface area contributed by atoms with Crippen LogP contribution in [-0.2, 0) is 6.42 Å². The average Bonchev–Trinajstić information content (AvgIpc) is 2.86. The fraction of sp³-hybridized carbons (Fsp3) is 0.812. The fourth-order valence-corrected chi connectivity index (χ4v) is 5.46. The van der Waals surface area contributed by atoms with E-state index in [2.05, 4.69) is 16.9 Å². The zero-order valence-electron chi connectivity index (χ0n) is 11.8. The van der Waals surface area contributed by atoms with Crippen molar-refractivity contribution >= 4 is 0 Å². The molecule has 0 aliphatic heterocycles. The minimum atomic E-state index is 0.135. The molecule has 1 heterocycles. The highest BCUT2D eigenvalue weighted by atomic mass is 15.0. The number of H-pyrrole nitrogens is 1. The van der Waals surface area contributed by atoms with E-state index in [1.54, 1.807) is 0 Å². The Morgan fingerprint density at radius 2 is 1.84 bits per heavy atom. The van der Waals surface area contributed by atoms with E-state index in [1.165, 1.54) is 37.8 Å². The first-order chi connectivity index (χ1) is 9.24. The molecule has 3 nitrogen and oxygen atoms in total. The predicted octanol–water partition coefficient (Wildman–Crippen LogP) is 3.04. The van der Waals surface area contributed by atoms with Gasteiger partial charge in [-0.2, -0.15) is 0 Å². The zero-order valence-corrected chi connectivity index (χ0v) is 11.8. The minimum absolute atomic E-state index is 0.135. The van der Waals surface area contributed by atoms with Gasteiger partial charge in [-0.25, -0.2) is 4.98 Å². The van der Waals surface area contributed by atoms with E-state index in [4.69, 9.17) is 5.73 Å². The molecule has 3 N–H and O–H groups in total. The van der Waals surface area contributed by atoms with Gasteiger partial charge >= 0.3 is 0 Å². The topological polar surface area (TPSA) is 54.7 Å². The molecule has 4 fully saturated rings. The van der Waals surface area contributed by atoms with E-state index in [-0.39, 0.29) is 6.04 Å². The summed E-state index contributed by atoms with van der Waals surface area (Å²) in [7, 11) is 0. The van der Waals surface area contributed by atoms with Crippen LogP contribution in [0, 0.1) is 29.6 Å². The first-order valence-corrected chi connectivity index (χ1v) is 8.04. The van der Waals surface area contributed by atoms with Crippen molar-refractivity contribution in [3.05, 3.63) is 17.7 Å². The molecule has 0 radical (unpaired) electrons. The average molecular weight is 259 g/mol.